The maximum absolute atomic E-state index is 13.7. The Morgan fingerprint density at radius 3 is 2.44 bits per heavy atom. The van der Waals surface area contributed by atoms with Crippen LogP contribution < -0.4 is 5.32 Å². The number of carbonyl (C=O) groups excluding carboxylic acids is 1. The van der Waals surface area contributed by atoms with Crippen LogP contribution in [0.1, 0.15) is 40.4 Å². The number of alkyl halides is 3. The predicted molar refractivity (Wildman–Crippen MR) is 112 cm³/mol. The lowest BCUT2D eigenvalue weighted by Gasteiger charge is -2.12. The quantitative estimate of drug-likeness (QED) is 0.481. The second-order valence-corrected chi connectivity index (χ2v) is 7.81. The van der Waals surface area contributed by atoms with Gasteiger partial charge in [-0.1, -0.05) is 23.7 Å². The maximum Gasteiger partial charge on any atom is 0.433 e. The summed E-state index contributed by atoms with van der Waals surface area (Å²) in [6.45, 7) is 3.57. The minimum Gasteiger partial charge on any atom is -0.344 e. The highest BCUT2D eigenvalue weighted by Crippen LogP contribution is 2.32. The SMILES string of the molecule is Cc1nn(C)cc1C(C)NC(=O)c1cc2nc(-c3ccc(Cl)cc3)cc(C(F)(F)F)n2n1. The fourth-order valence-corrected chi connectivity index (χ4v) is 3.57. The van der Waals surface area contributed by atoms with Crippen LogP contribution in [0.2, 0.25) is 5.02 Å². The van der Waals surface area contributed by atoms with Gasteiger partial charge in [-0.3, -0.25) is 9.48 Å². The molecule has 1 unspecified atom stereocenters. The van der Waals surface area contributed by atoms with Crippen molar-refractivity contribution in [2.24, 2.45) is 7.05 Å². The Labute approximate surface area is 185 Å². The van der Waals surface area contributed by atoms with Gasteiger partial charge in [0, 0.05) is 35.5 Å². The maximum atomic E-state index is 13.7. The highest BCUT2D eigenvalue weighted by Gasteiger charge is 2.35. The van der Waals surface area contributed by atoms with E-state index in [1.54, 1.807) is 56.0 Å². The third kappa shape index (κ3) is 4.18. The van der Waals surface area contributed by atoms with Crippen molar-refractivity contribution in [1.82, 2.24) is 29.7 Å². The van der Waals surface area contributed by atoms with E-state index in [0.29, 0.717) is 15.1 Å². The molecule has 0 saturated heterocycles. The van der Waals surface area contributed by atoms with E-state index in [1.165, 1.54) is 6.07 Å². The molecule has 3 aromatic heterocycles. The van der Waals surface area contributed by atoms with Crippen molar-refractivity contribution in [2.75, 3.05) is 0 Å². The number of benzene rings is 1. The van der Waals surface area contributed by atoms with E-state index in [2.05, 4.69) is 20.5 Å². The first-order chi connectivity index (χ1) is 15.0. The molecule has 1 amide bonds. The molecule has 1 atom stereocenters. The molecule has 166 valence electrons. The zero-order chi connectivity index (χ0) is 23.2. The molecule has 0 aliphatic heterocycles. The first-order valence-electron chi connectivity index (χ1n) is 9.58. The lowest BCUT2D eigenvalue weighted by atomic mass is 10.1. The molecule has 4 aromatic rings. The first kappa shape index (κ1) is 21.8. The van der Waals surface area contributed by atoms with Gasteiger partial charge in [0.2, 0.25) is 0 Å². The molecule has 0 fully saturated rings. The molecule has 3 heterocycles. The molecule has 0 aliphatic carbocycles. The Morgan fingerprint density at radius 1 is 1.16 bits per heavy atom. The molecule has 32 heavy (non-hydrogen) atoms. The molecule has 0 aliphatic rings. The Kier molecular flexibility index (Phi) is 5.41. The van der Waals surface area contributed by atoms with Crippen LogP contribution in [-0.4, -0.2) is 30.3 Å². The van der Waals surface area contributed by atoms with Crippen LogP contribution in [0.5, 0.6) is 0 Å². The monoisotopic (exact) mass is 462 g/mol. The topological polar surface area (TPSA) is 77.1 Å². The summed E-state index contributed by atoms with van der Waals surface area (Å²) in [5, 5.41) is 11.3. The fraction of sp³-hybridized carbons (Fsp3) is 0.238. The highest BCUT2D eigenvalue weighted by atomic mass is 35.5. The molecule has 0 bridgehead atoms. The van der Waals surface area contributed by atoms with Crippen LogP contribution >= 0.6 is 11.6 Å². The van der Waals surface area contributed by atoms with Gasteiger partial charge in [-0.05, 0) is 32.0 Å². The number of aryl methyl sites for hydroxylation is 2. The number of carbonyl (C=O) groups is 1. The normalized spacial score (nSPS) is 12.8. The van der Waals surface area contributed by atoms with Gasteiger partial charge in [0.1, 0.15) is 0 Å². The number of hydrogen-bond acceptors (Lipinski definition) is 4. The van der Waals surface area contributed by atoms with Gasteiger partial charge in [-0.25, -0.2) is 9.50 Å². The van der Waals surface area contributed by atoms with Crippen molar-refractivity contribution in [3.8, 4) is 11.3 Å². The summed E-state index contributed by atoms with van der Waals surface area (Å²) in [7, 11) is 1.76. The summed E-state index contributed by atoms with van der Waals surface area (Å²) in [5.41, 5.74) is 0.767. The number of fused-ring (bicyclic) bond motifs is 1. The average Bonchev–Trinajstić information content (AvgIpc) is 3.29. The smallest absolute Gasteiger partial charge is 0.344 e. The molecule has 1 N–H and O–H groups in total. The summed E-state index contributed by atoms with van der Waals surface area (Å²) in [6, 6.07) is 7.98. The summed E-state index contributed by atoms with van der Waals surface area (Å²) < 4.78 is 43.5. The van der Waals surface area contributed by atoms with E-state index in [9.17, 15) is 18.0 Å². The third-order valence-corrected chi connectivity index (χ3v) is 5.21. The molecule has 11 heteroatoms. The lowest BCUT2D eigenvalue weighted by Crippen LogP contribution is -2.27. The second-order valence-electron chi connectivity index (χ2n) is 7.37. The molecular weight excluding hydrogens is 445 g/mol. The van der Waals surface area contributed by atoms with Gasteiger partial charge in [-0.15, -0.1) is 0 Å². The number of rotatable bonds is 4. The van der Waals surface area contributed by atoms with Crippen LogP contribution in [0.3, 0.4) is 0 Å². The summed E-state index contributed by atoms with van der Waals surface area (Å²) in [6.07, 6.45) is -2.94. The van der Waals surface area contributed by atoms with Crippen LogP contribution in [0.15, 0.2) is 42.6 Å². The summed E-state index contributed by atoms with van der Waals surface area (Å²) >= 11 is 5.87. The number of halogens is 4. The summed E-state index contributed by atoms with van der Waals surface area (Å²) in [4.78, 5) is 17.0. The first-order valence-corrected chi connectivity index (χ1v) is 9.95. The fourth-order valence-electron chi connectivity index (χ4n) is 3.45. The Hall–Kier alpha value is -3.40. The van der Waals surface area contributed by atoms with Gasteiger partial charge in [-0.2, -0.15) is 23.4 Å². The number of nitrogens with zero attached hydrogens (tertiary/aromatic N) is 5. The zero-order valence-electron chi connectivity index (χ0n) is 17.3. The van der Waals surface area contributed by atoms with E-state index >= 15 is 0 Å². The molecule has 4 rings (SSSR count). The van der Waals surface area contributed by atoms with E-state index in [4.69, 9.17) is 11.6 Å². The minimum absolute atomic E-state index is 0.0905. The lowest BCUT2D eigenvalue weighted by molar-refractivity contribution is -0.142. The number of aromatic nitrogens is 5. The highest BCUT2D eigenvalue weighted by molar-refractivity contribution is 6.30. The standard InChI is InChI=1S/C21H18ClF3N6O/c1-11(15-10-30(3)28-12(15)2)26-20(32)17-9-19-27-16(13-4-6-14(22)7-5-13)8-18(21(23,24)25)31(19)29-17/h4-11H,1-3H3,(H,26,32). The van der Waals surface area contributed by atoms with E-state index in [0.717, 1.165) is 17.3 Å². The molecule has 0 spiro atoms. The van der Waals surface area contributed by atoms with Crippen LogP contribution in [-0.2, 0) is 13.2 Å². The van der Waals surface area contributed by atoms with Crippen LogP contribution in [0.25, 0.3) is 16.9 Å². The summed E-state index contributed by atoms with van der Waals surface area (Å²) in [5.74, 6) is -0.618. The van der Waals surface area contributed by atoms with Crippen molar-refractivity contribution in [2.45, 2.75) is 26.1 Å². The second kappa shape index (κ2) is 7.94. The van der Waals surface area contributed by atoms with Crippen molar-refractivity contribution >= 4 is 23.2 Å². The van der Waals surface area contributed by atoms with Crippen LogP contribution in [0.4, 0.5) is 13.2 Å². The zero-order valence-corrected chi connectivity index (χ0v) is 18.0. The molecule has 7 nitrogen and oxygen atoms in total. The van der Waals surface area contributed by atoms with Gasteiger partial charge in [0.15, 0.2) is 17.0 Å². The van der Waals surface area contributed by atoms with E-state index < -0.39 is 23.8 Å². The predicted octanol–water partition coefficient (Wildman–Crippen LogP) is 4.60. The van der Waals surface area contributed by atoms with Crippen molar-refractivity contribution in [3.63, 3.8) is 0 Å². The average molecular weight is 463 g/mol. The minimum atomic E-state index is -4.71. The van der Waals surface area contributed by atoms with Crippen molar-refractivity contribution < 1.29 is 18.0 Å². The van der Waals surface area contributed by atoms with Gasteiger partial charge >= 0.3 is 6.18 Å². The van der Waals surface area contributed by atoms with Crippen LogP contribution in [0, 0.1) is 6.92 Å². The van der Waals surface area contributed by atoms with Gasteiger partial charge in [0.05, 0.1) is 17.4 Å². The molecule has 0 saturated carbocycles. The van der Waals surface area contributed by atoms with E-state index in [-0.39, 0.29) is 17.0 Å². The van der Waals surface area contributed by atoms with Crippen molar-refractivity contribution in [1.29, 1.82) is 0 Å². The van der Waals surface area contributed by atoms with Gasteiger partial charge in [0.25, 0.3) is 5.91 Å². The number of nitrogens with one attached hydrogen (secondary N) is 1. The Bertz CT molecular complexity index is 1310. The third-order valence-electron chi connectivity index (χ3n) is 4.96. The van der Waals surface area contributed by atoms with Crippen molar-refractivity contribution in [3.05, 3.63) is 70.3 Å². The number of amides is 1. The van der Waals surface area contributed by atoms with Gasteiger partial charge < -0.3 is 5.32 Å². The molecule has 0 radical (unpaired) electrons. The Morgan fingerprint density at radius 2 is 1.84 bits per heavy atom. The largest absolute Gasteiger partial charge is 0.433 e. The molecule has 1 aromatic carbocycles. The molecular formula is C21H18ClF3N6O. The Balaban J connectivity index is 1.73. The number of hydrogen-bond donors (Lipinski definition) is 1. The van der Waals surface area contributed by atoms with E-state index in [1.807, 2.05) is 0 Å².